The van der Waals surface area contributed by atoms with Gasteiger partial charge in [0.05, 0.1) is 7.11 Å². The van der Waals surface area contributed by atoms with E-state index in [4.69, 9.17) is 18.9 Å². The Labute approximate surface area is 130 Å². The molecule has 7 nitrogen and oxygen atoms in total. The summed E-state index contributed by atoms with van der Waals surface area (Å²) in [5.41, 5.74) is 0. The predicted octanol–water partition coefficient (Wildman–Crippen LogP) is 1.25. The molecule has 2 rings (SSSR count). The van der Waals surface area contributed by atoms with Gasteiger partial charge in [0.2, 0.25) is 0 Å². The average Bonchev–Trinajstić information content (AvgIpc) is 2.88. The lowest BCUT2D eigenvalue weighted by Gasteiger charge is -2.22. The largest absolute Gasteiger partial charge is 0.484 e. The molecule has 0 aromatic rings. The molecule has 0 N–H and O–H groups in total. The molecule has 0 spiro atoms. The minimum atomic E-state index is -0.817. The van der Waals surface area contributed by atoms with Crippen LogP contribution in [0.1, 0.15) is 20.8 Å². The van der Waals surface area contributed by atoms with Crippen molar-refractivity contribution in [3.05, 3.63) is 10.2 Å². The third-order valence-electron chi connectivity index (χ3n) is 3.06. The first kappa shape index (κ1) is 16.3. The molecule has 8 heteroatoms. The van der Waals surface area contributed by atoms with Gasteiger partial charge in [-0.05, 0) is 29.8 Å². The molecule has 0 radical (unpaired) electrons. The van der Waals surface area contributed by atoms with Gasteiger partial charge < -0.3 is 23.7 Å². The van der Waals surface area contributed by atoms with E-state index in [1.807, 2.05) is 0 Å². The van der Waals surface area contributed by atoms with E-state index in [0.29, 0.717) is 0 Å². The molecule has 2 heterocycles. The molecule has 2 fully saturated rings. The summed E-state index contributed by atoms with van der Waals surface area (Å²) in [6.45, 7) is 4.85. The number of rotatable bonds is 3. The highest BCUT2D eigenvalue weighted by molar-refractivity contribution is 9.12. The maximum absolute atomic E-state index is 11.6. The number of carbonyl (C=O) groups is 2. The maximum atomic E-state index is 11.6. The number of esters is 2. The second kappa shape index (κ2) is 5.94. The third kappa shape index (κ3) is 3.38. The zero-order valence-corrected chi connectivity index (χ0v) is 13.8. The van der Waals surface area contributed by atoms with Crippen molar-refractivity contribution in [1.82, 2.24) is 0 Å². The number of halogens is 1. The number of hydrogen-bond donors (Lipinski definition) is 0. The minimum absolute atomic E-state index is 0.0148. The van der Waals surface area contributed by atoms with E-state index in [1.54, 1.807) is 13.8 Å². The van der Waals surface area contributed by atoms with E-state index >= 15 is 0 Å². The molecular weight excluding hydrogens is 348 g/mol. The molecule has 2 aliphatic heterocycles. The van der Waals surface area contributed by atoms with Crippen LogP contribution >= 0.6 is 15.9 Å². The van der Waals surface area contributed by atoms with E-state index in [1.165, 1.54) is 14.0 Å². The standard InChI is InChI=1S/C13H17BrO7/c1-6(15)18-5-7-9-11(21-13(2,3)20-9)10(19-7)8(14)12(16)17-4/h7,9,11H,5H2,1-4H3/b10-8+/t7-,9-,11-/m1/s1. The fraction of sp³-hybridized carbons (Fsp3) is 0.692. The van der Waals surface area contributed by atoms with Gasteiger partial charge in [-0.2, -0.15) is 0 Å². The third-order valence-corrected chi connectivity index (χ3v) is 3.78. The van der Waals surface area contributed by atoms with Crippen molar-refractivity contribution in [2.75, 3.05) is 13.7 Å². The minimum Gasteiger partial charge on any atom is -0.484 e. The zero-order valence-electron chi connectivity index (χ0n) is 12.2. The lowest BCUT2D eigenvalue weighted by Crippen LogP contribution is -2.33. The number of methoxy groups -OCH3 is 1. The van der Waals surface area contributed by atoms with Crippen LogP contribution in [0.5, 0.6) is 0 Å². The van der Waals surface area contributed by atoms with Crippen molar-refractivity contribution in [1.29, 1.82) is 0 Å². The molecule has 0 aromatic carbocycles. The first-order valence-corrected chi connectivity index (χ1v) is 7.18. The maximum Gasteiger partial charge on any atom is 0.348 e. The van der Waals surface area contributed by atoms with Crippen LogP contribution in [0.15, 0.2) is 10.2 Å². The van der Waals surface area contributed by atoms with Crippen LogP contribution in [-0.2, 0) is 33.3 Å². The molecule has 118 valence electrons. The van der Waals surface area contributed by atoms with Gasteiger partial charge >= 0.3 is 11.9 Å². The molecular formula is C13H17BrO7. The van der Waals surface area contributed by atoms with Crippen molar-refractivity contribution in [2.24, 2.45) is 0 Å². The van der Waals surface area contributed by atoms with Crippen LogP contribution in [0.2, 0.25) is 0 Å². The van der Waals surface area contributed by atoms with Gasteiger partial charge in [-0.25, -0.2) is 4.79 Å². The Morgan fingerprint density at radius 1 is 1.33 bits per heavy atom. The number of hydrogen-bond acceptors (Lipinski definition) is 7. The molecule has 0 unspecified atom stereocenters. The van der Waals surface area contributed by atoms with Crippen molar-refractivity contribution in [3.8, 4) is 0 Å². The van der Waals surface area contributed by atoms with E-state index in [-0.39, 0.29) is 16.8 Å². The summed E-state index contributed by atoms with van der Waals surface area (Å²) in [6, 6.07) is 0. The van der Waals surface area contributed by atoms with Crippen molar-refractivity contribution in [2.45, 2.75) is 44.9 Å². The van der Waals surface area contributed by atoms with Crippen LogP contribution in [0.25, 0.3) is 0 Å². The number of ether oxygens (including phenoxy) is 5. The van der Waals surface area contributed by atoms with Gasteiger partial charge in [0, 0.05) is 6.92 Å². The monoisotopic (exact) mass is 364 g/mol. The topological polar surface area (TPSA) is 80.3 Å². The van der Waals surface area contributed by atoms with E-state index in [2.05, 4.69) is 20.7 Å². The van der Waals surface area contributed by atoms with E-state index < -0.39 is 36.0 Å². The molecule has 0 amide bonds. The smallest absolute Gasteiger partial charge is 0.348 e. The second-order valence-corrected chi connectivity index (χ2v) is 5.94. The predicted molar refractivity (Wildman–Crippen MR) is 73.3 cm³/mol. The van der Waals surface area contributed by atoms with Gasteiger partial charge in [-0.3, -0.25) is 4.79 Å². The van der Waals surface area contributed by atoms with Gasteiger partial charge in [0.1, 0.15) is 23.3 Å². The summed E-state index contributed by atoms with van der Waals surface area (Å²) in [4.78, 5) is 22.6. The van der Waals surface area contributed by atoms with Crippen LogP contribution in [0.4, 0.5) is 0 Å². The highest BCUT2D eigenvalue weighted by Crippen LogP contribution is 2.42. The summed E-state index contributed by atoms with van der Waals surface area (Å²) >= 11 is 3.15. The van der Waals surface area contributed by atoms with Gasteiger partial charge in [0.25, 0.3) is 0 Å². The highest BCUT2D eigenvalue weighted by atomic mass is 79.9. The Morgan fingerprint density at radius 3 is 2.57 bits per heavy atom. The second-order valence-electron chi connectivity index (χ2n) is 5.15. The fourth-order valence-electron chi connectivity index (χ4n) is 2.26. The number of carbonyl (C=O) groups excluding carboxylic acids is 2. The van der Waals surface area contributed by atoms with E-state index in [9.17, 15) is 9.59 Å². The summed E-state index contributed by atoms with van der Waals surface area (Å²) in [6.07, 6.45) is -1.58. The van der Waals surface area contributed by atoms with Crippen LogP contribution in [0.3, 0.4) is 0 Å². The van der Waals surface area contributed by atoms with Gasteiger partial charge in [-0.15, -0.1) is 0 Å². The first-order chi connectivity index (χ1) is 9.75. The summed E-state index contributed by atoms with van der Waals surface area (Å²) in [7, 11) is 1.27. The molecule has 0 bridgehead atoms. The zero-order chi connectivity index (χ0) is 15.8. The lowest BCUT2D eigenvalue weighted by atomic mass is 10.1. The first-order valence-electron chi connectivity index (χ1n) is 6.39. The average molecular weight is 365 g/mol. The van der Waals surface area contributed by atoms with E-state index in [0.717, 1.165) is 0 Å². The van der Waals surface area contributed by atoms with Crippen molar-refractivity contribution < 1.29 is 33.3 Å². The molecule has 0 aliphatic carbocycles. The van der Waals surface area contributed by atoms with Crippen LogP contribution in [0, 0.1) is 0 Å². The summed E-state index contributed by atoms with van der Waals surface area (Å²) in [5, 5.41) is 0. The Balaban J connectivity index is 2.25. The molecule has 2 aliphatic rings. The SMILES string of the molecule is COC(=O)/C(Br)=C1\O[C@H](COC(C)=O)[C@H]2OC(C)(C)O[C@@H]12. The van der Waals surface area contributed by atoms with Crippen LogP contribution in [-0.4, -0.2) is 49.8 Å². The Morgan fingerprint density at radius 2 is 2.00 bits per heavy atom. The quantitative estimate of drug-likeness (QED) is 0.550. The highest BCUT2D eigenvalue weighted by Gasteiger charge is 2.55. The van der Waals surface area contributed by atoms with Gasteiger partial charge in [0.15, 0.2) is 17.7 Å². The molecule has 2 saturated heterocycles. The molecule has 3 atom stereocenters. The fourth-order valence-corrected chi connectivity index (χ4v) is 2.74. The molecule has 21 heavy (non-hydrogen) atoms. The number of fused-ring (bicyclic) bond motifs is 1. The summed E-state index contributed by atoms with van der Waals surface area (Å²) in [5.74, 6) is -1.53. The van der Waals surface area contributed by atoms with Crippen molar-refractivity contribution in [3.63, 3.8) is 0 Å². The Kier molecular flexibility index (Phi) is 4.60. The molecule has 0 aromatic heterocycles. The van der Waals surface area contributed by atoms with Crippen LogP contribution < -0.4 is 0 Å². The normalized spacial score (nSPS) is 32.1. The van der Waals surface area contributed by atoms with Gasteiger partial charge in [-0.1, -0.05) is 0 Å². The summed E-state index contributed by atoms with van der Waals surface area (Å²) < 4.78 is 26.9. The Bertz CT molecular complexity index is 485. The lowest BCUT2D eigenvalue weighted by molar-refractivity contribution is -0.173. The Hall–Kier alpha value is -1.12. The molecule has 0 saturated carbocycles. The van der Waals surface area contributed by atoms with Crippen molar-refractivity contribution >= 4 is 27.9 Å².